The van der Waals surface area contributed by atoms with Gasteiger partial charge in [-0.25, -0.2) is 8.42 Å². The summed E-state index contributed by atoms with van der Waals surface area (Å²) in [6, 6.07) is 13.7. The molecule has 0 aliphatic heterocycles. The second-order valence-electron chi connectivity index (χ2n) is 5.06. The number of ether oxygens (including phenoxy) is 1. The average Bonchev–Trinajstić information content (AvgIpc) is 2.48. The third-order valence-corrected chi connectivity index (χ3v) is 4.60. The molecule has 0 atom stereocenters. The van der Waals surface area contributed by atoms with Crippen molar-refractivity contribution in [3.63, 3.8) is 0 Å². The molecule has 0 saturated carbocycles. The molecule has 0 spiro atoms. The van der Waals surface area contributed by atoms with Crippen LogP contribution >= 0.6 is 0 Å². The van der Waals surface area contributed by atoms with E-state index in [1.807, 2.05) is 12.1 Å². The van der Waals surface area contributed by atoms with Gasteiger partial charge in [0.05, 0.1) is 12.0 Å². The molecule has 0 aliphatic carbocycles. The normalized spacial score (nSPS) is 11.4. The molecule has 0 radical (unpaired) electrons. The van der Waals surface area contributed by atoms with Gasteiger partial charge in [0.1, 0.15) is 5.75 Å². The van der Waals surface area contributed by atoms with Gasteiger partial charge in [-0.3, -0.25) is 4.72 Å². The van der Waals surface area contributed by atoms with Gasteiger partial charge in [0.25, 0.3) is 10.0 Å². The van der Waals surface area contributed by atoms with Crippen LogP contribution < -0.4 is 9.46 Å². The second kappa shape index (κ2) is 6.18. The topological polar surface area (TPSA) is 55.4 Å². The summed E-state index contributed by atoms with van der Waals surface area (Å²) >= 11 is 0. The van der Waals surface area contributed by atoms with Gasteiger partial charge < -0.3 is 4.74 Å². The lowest BCUT2D eigenvalue weighted by Gasteiger charge is -2.10. The van der Waals surface area contributed by atoms with Gasteiger partial charge in [-0.1, -0.05) is 26.0 Å². The Morgan fingerprint density at radius 2 is 1.52 bits per heavy atom. The number of benzene rings is 2. The zero-order chi connectivity index (χ0) is 15.5. The zero-order valence-electron chi connectivity index (χ0n) is 12.3. The first-order valence-electron chi connectivity index (χ1n) is 6.69. The number of methoxy groups -OCH3 is 1. The molecular formula is C16H19NO3S. The van der Waals surface area contributed by atoms with Gasteiger partial charge in [-0.15, -0.1) is 0 Å². The largest absolute Gasteiger partial charge is 0.497 e. The van der Waals surface area contributed by atoms with Crippen LogP contribution in [0, 0.1) is 0 Å². The highest BCUT2D eigenvalue weighted by molar-refractivity contribution is 7.92. The number of rotatable bonds is 5. The molecule has 112 valence electrons. The highest BCUT2D eigenvalue weighted by Crippen LogP contribution is 2.21. The van der Waals surface area contributed by atoms with Crippen LogP contribution in [0.2, 0.25) is 0 Å². The van der Waals surface area contributed by atoms with E-state index >= 15 is 0 Å². The molecule has 2 aromatic rings. The molecule has 4 nitrogen and oxygen atoms in total. The Hall–Kier alpha value is -2.01. The van der Waals surface area contributed by atoms with Crippen LogP contribution in [-0.4, -0.2) is 15.5 Å². The third kappa shape index (κ3) is 3.76. The van der Waals surface area contributed by atoms with Crippen LogP contribution in [0.3, 0.4) is 0 Å². The van der Waals surface area contributed by atoms with Crippen LogP contribution in [0.1, 0.15) is 25.3 Å². The summed E-state index contributed by atoms with van der Waals surface area (Å²) in [6.07, 6.45) is 0. The van der Waals surface area contributed by atoms with Crippen molar-refractivity contribution in [2.75, 3.05) is 11.8 Å². The van der Waals surface area contributed by atoms with Crippen LogP contribution in [0.15, 0.2) is 53.4 Å². The lowest BCUT2D eigenvalue weighted by molar-refractivity contribution is 0.415. The molecule has 0 heterocycles. The van der Waals surface area contributed by atoms with Crippen molar-refractivity contribution in [2.24, 2.45) is 0 Å². The Kier molecular flexibility index (Phi) is 4.53. The molecular weight excluding hydrogens is 286 g/mol. The molecule has 0 bridgehead atoms. The minimum absolute atomic E-state index is 0.253. The maximum absolute atomic E-state index is 12.3. The summed E-state index contributed by atoms with van der Waals surface area (Å²) in [6.45, 7) is 4.14. The van der Waals surface area contributed by atoms with Crippen molar-refractivity contribution in [2.45, 2.75) is 24.7 Å². The Labute approximate surface area is 125 Å². The minimum atomic E-state index is -3.57. The minimum Gasteiger partial charge on any atom is -0.497 e. The van der Waals surface area contributed by atoms with Crippen molar-refractivity contribution in [1.29, 1.82) is 0 Å². The van der Waals surface area contributed by atoms with E-state index in [1.165, 1.54) is 0 Å². The molecule has 0 saturated heterocycles. The summed E-state index contributed by atoms with van der Waals surface area (Å²) in [5, 5.41) is 0. The van der Waals surface area contributed by atoms with Crippen LogP contribution in [0.25, 0.3) is 0 Å². The molecule has 1 N–H and O–H groups in total. The lowest BCUT2D eigenvalue weighted by atomic mass is 10.0. The fourth-order valence-electron chi connectivity index (χ4n) is 1.91. The Morgan fingerprint density at radius 3 is 2.00 bits per heavy atom. The maximum atomic E-state index is 12.3. The second-order valence-corrected chi connectivity index (χ2v) is 6.74. The van der Waals surface area contributed by atoms with Crippen LogP contribution in [0.5, 0.6) is 5.75 Å². The van der Waals surface area contributed by atoms with E-state index in [2.05, 4.69) is 18.6 Å². The average molecular weight is 305 g/mol. The Balaban J connectivity index is 2.20. The maximum Gasteiger partial charge on any atom is 0.261 e. The van der Waals surface area contributed by atoms with Crippen molar-refractivity contribution in [3.05, 3.63) is 54.1 Å². The number of hydrogen-bond donors (Lipinski definition) is 1. The molecule has 5 heteroatoms. The van der Waals surface area contributed by atoms with E-state index in [1.54, 1.807) is 43.5 Å². The SMILES string of the molecule is COc1ccc(NS(=O)(=O)c2ccc(C(C)C)cc2)cc1. The van der Waals surface area contributed by atoms with E-state index in [-0.39, 0.29) is 4.90 Å². The van der Waals surface area contributed by atoms with E-state index in [0.29, 0.717) is 17.4 Å². The summed E-state index contributed by atoms with van der Waals surface area (Å²) in [7, 11) is -2.00. The molecule has 0 amide bonds. The molecule has 2 rings (SSSR count). The molecule has 0 aliphatic rings. The first kappa shape index (κ1) is 15.4. The summed E-state index contributed by atoms with van der Waals surface area (Å²) in [5.41, 5.74) is 1.61. The van der Waals surface area contributed by atoms with Crippen molar-refractivity contribution in [1.82, 2.24) is 0 Å². The summed E-state index contributed by atoms with van der Waals surface area (Å²) < 4.78 is 32.2. The predicted octanol–water partition coefficient (Wildman–Crippen LogP) is 3.62. The summed E-state index contributed by atoms with van der Waals surface area (Å²) in [5.74, 6) is 1.05. The molecule has 0 aromatic heterocycles. The predicted molar refractivity (Wildman–Crippen MR) is 84.3 cm³/mol. The van der Waals surface area contributed by atoms with E-state index in [0.717, 1.165) is 5.56 Å². The fourth-order valence-corrected chi connectivity index (χ4v) is 2.96. The number of hydrogen-bond acceptors (Lipinski definition) is 3. The lowest BCUT2D eigenvalue weighted by Crippen LogP contribution is -2.12. The Morgan fingerprint density at radius 1 is 0.952 bits per heavy atom. The van der Waals surface area contributed by atoms with E-state index in [4.69, 9.17) is 4.74 Å². The highest BCUT2D eigenvalue weighted by atomic mass is 32.2. The zero-order valence-corrected chi connectivity index (χ0v) is 13.1. The number of anilines is 1. The van der Waals surface area contributed by atoms with Gasteiger partial charge in [-0.05, 0) is 47.9 Å². The van der Waals surface area contributed by atoms with Gasteiger partial charge in [0, 0.05) is 5.69 Å². The number of sulfonamides is 1. The van der Waals surface area contributed by atoms with Crippen LogP contribution in [0.4, 0.5) is 5.69 Å². The molecule has 0 unspecified atom stereocenters. The van der Waals surface area contributed by atoms with Gasteiger partial charge in [0.15, 0.2) is 0 Å². The summed E-state index contributed by atoms with van der Waals surface area (Å²) in [4.78, 5) is 0.253. The number of nitrogens with one attached hydrogen (secondary N) is 1. The molecule has 2 aromatic carbocycles. The third-order valence-electron chi connectivity index (χ3n) is 3.20. The first-order chi connectivity index (χ1) is 9.92. The smallest absolute Gasteiger partial charge is 0.261 e. The van der Waals surface area contributed by atoms with Crippen molar-refractivity contribution in [3.8, 4) is 5.75 Å². The Bertz CT molecular complexity index is 689. The monoisotopic (exact) mass is 305 g/mol. The first-order valence-corrected chi connectivity index (χ1v) is 8.17. The quantitative estimate of drug-likeness (QED) is 0.918. The van der Waals surface area contributed by atoms with Crippen molar-refractivity contribution < 1.29 is 13.2 Å². The molecule has 21 heavy (non-hydrogen) atoms. The highest BCUT2D eigenvalue weighted by Gasteiger charge is 2.14. The van der Waals surface area contributed by atoms with Gasteiger partial charge in [-0.2, -0.15) is 0 Å². The van der Waals surface area contributed by atoms with E-state index in [9.17, 15) is 8.42 Å². The van der Waals surface area contributed by atoms with Crippen LogP contribution in [-0.2, 0) is 10.0 Å². The standard InChI is InChI=1S/C16H19NO3S/c1-12(2)13-4-10-16(11-5-13)21(18,19)17-14-6-8-15(20-3)9-7-14/h4-12,17H,1-3H3. The van der Waals surface area contributed by atoms with Crippen molar-refractivity contribution >= 4 is 15.7 Å². The molecule has 0 fully saturated rings. The van der Waals surface area contributed by atoms with Gasteiger partial charge >= 0.3 is 0 Å². The fraction of sp³-hybridized carbons (Fsp3) is 0.250. The van der Waals surface area contributed by atoms with Gasteiger partial charge in [0.2, 0.25) is 0 Å². The van der Waals surface area contributed by atoms with E-state index < -0.39 is 10.0 Å².